The van der Waals surface area contributed by atoms with E-state index in [1.807, 2.05) is 4.90 Å². The molecule has 7 heteroatoms. The number of piperidine rings is 1. The maximum atomic E-state index is 12.2. The number of amides is 1. The van der Waals surface area contributed by atoms with Crippen LogP contribution in [0.1, 0.15) is 54.4 Å². The van der Waals surface area contributed by atoms with Crippen molar-refractivity contribution in [1.29, 1.82) is 0 Å². The Morgan fingerprint density at radius 3 is 2.10 bits per heavy atom. The Morgan fingerprint density at radius 1 is 1.03 bits per heavy atom. The van der Waals surface area contributed by atoms with Crippen LogP contribution in [0.25, 0.3) is 0 Å². The Labute approximate surface area is 187 Å². The first-order chi connectivity index (χ1) is 14.5. The SMILES string of the molecule is CC(C)COC(=O)N1CCC2(CC1)CN(c1ccc(B3OC(C)(C)C(C)(C)O3)cc1)C2. The quantitative estimate of drug-likeness (QED) is 0.685. The van der Waals surface area contributed by atoms with Crippen LogP contribution in [0.4, 0.5) is 10.5 Å². The zero-order chi connectivity index (χ0) is 22.4. The lowest BCUT2D eigenvalue weighted by atomic mass is 9.71. The minimum absolute atomic E-state index is 0.155. The molecule has 0 unspecified atom stereocenters. The molecule has 170 valence electrons. The molecule has 0 N–H and O–H groups in total. The summed E-state index contributed by atoms with van der Waals surface area (Å²) in [6.45, 7) is 16.6. The van der Waals surface area contributed by atoms with Crippen LogP contribution >= 0.6 is 0 Å². The highest BCUT2D eigenvalue weighted by Crippen LogP contribution is 2.42. The third-order valence-corrected chi connectivity index (χ3v) is 7.46. The van der Waals surface area contributed by atoms with Crippen molar-refractivity contribution in [2.45, 2.75) is 65.6 Å². The number of ether oxygens (including phenoxy) is 1. The molecule has 0 aromatic heterocycles. The Hall–Kier alpha value is -1.73. The Bertz CT molecular complexity index is 776. The van der Waals surface area contributed by atoms with Gasteiger partial charge in [0, 0.05) is 37.3 Å². The molecule has 1 aromatic rings. The number of hydrogen-bond acceptors (Lipinski definition) is 5. The molecule has 3 aliphatic heterocycles. The van der Waals surface area contributed by atoms with Crippen LogP contribution in [0.15, 0.2) is 24.3 Å². The minimum atomic E-state index is -0.323. The number of nitrogens with zero attached hydrogens (tertiary/aromatic N) is 2. The lowest BCUT2D eigenvalue weighted by Crippen LogP contribution is -2.61. The van der Waals surface area contributed by atoms with Gasteiger partial charge in [0.25, 0.3) is 0 Å². The average Bonchev–Trinajstić information content (AvgIpc) is 2.91. The van der Waals surface area contributed by atoms with Crippen LogP contribution in [-0.4, -0.2) is 62.1 Å². The minimum Gasteiger partial charge on any atom is -0.449 e. The molecule has 1 aromatic carbocycles. The molecule has 0 saturated carbocycles. The second kappa shape index (κ2) is 8.00. The van der Waals surface area contributed by atoms with E-state index in [9.17, 15) is 4.79 Å². The molecule has 6 nitrogen and oxygen atoms in total. The first kappa shape index (κ1) is 22.5. The van der Waals surface area contributed by atoms with Crippen LogP contribution in [0.2, 0.25) is 0 Å². The van der Waals surface area contributed by atoms with Crippen LogP contribution in [0, 0.1) is 11.3 Å². The second-order valence-corrected chi connectivity index (χ2v) is 11.0. The van der Waals surface area contributed by atoms with Crippen LogP contribution in [0.5, 0.6) is 0 Å². The summed E-state index contributed by atoms with van der Waals surface area (Å²) >= 11 is 0. The highest BCUT2D eigenvalue weighted by Gasteiger charge is 2.52. The summed E-state index contributed by atoms with van der Waals surface area (Å²) in [6, 6.07) is 8.59. The first-order valence-electron chi connectivity index (χ1n) is 11.6. The molecule has 3 heterocycles. The molecule has 4 rings (SSSR count). The van der Waals surface area contributed by atoms with Gasteiger partial charge in [-0.1, -0.05) is 26.0 Å². The summed E-state index contributed by atoms with van der Waals surface area (Å²) < 4.78 is 17.7. The van der Waals surface area contributed by atoms with Crippen molar-refractivity contribution < 1.29 is 18.8 Å². The largest absolute Gasteiger partial charge is 0.494 e. The molecular formula is C24H37BN2O4. The maximum absolute atomic E-state index is 12.2. The Kier molecular flexibility index (Phi) is 5.80. The van der Waals surface area contributed by atoms with Gasteiger partial charge in [-0.25, -0.2) is 4.79 Å². The zero-order valence-electron chi connectivity index (χ0n) is 19.9. The van der Waals surface area contributed by atoms with Gasteiger partial charge in [-0.3, -0.25) is 0 Å². The van der Waals surface area contributed by atoms with Gasteiger partial charge < -0.3 is 23.8 Å². The van der Waals surface area contributed by atoms with Gasteiger partial charge in [0.05, 0.1) is 17.8 Å². The van der Waals surface area contributed by atoms with Crippen LogP contribution in [0.3, 0.4) is 0 Å². The molecular weight excluding hydrogens is 391 g/mol. The predicted octanol–water partition coefficient (Wildman–Crippen LogP) is 3.68. The highest BCUT2D eigenvalue weighted by molar-refractivity contribution is 6.62. The summed E-state index contributed by atoms with van der Waals surface area (Å²) in [5.74, 6) is 0.372. The zero-order valence-corrected chi connectivity index (χ0v) is 19.9. The normalized spacial score (nSPS) is 23.9. The highest BCUT2D eigenvalue weighted by atomic mass is 16.7. The fraction of sp³-hybridized carbons (Fsp3) is 0.708. The van der Waals surface area contributed by atoms with Gasteiger partial charge in [-0.2, -0.15) is 0 Å². The van der Waals surface area contributed by atoms with Crippen molar-refractivity contribution in [2.24, 2.45) is 11.3 Å². The maximum Gasteiger partial charge on any atom is 0.494 e. The lowest BCUT2D eigenvalue weighted by Gasteiger charge is -2.54. The molecule has 3 saturated heterocycles. The Balaban J connectivity index is 1.28. The summed E-state index contributed by atoms with van der Waals surface area (Å²) in [5, 5.41) is 0. The third kappa shape index (κ3) is 4.44. The van der Waals surface area contributed by atoms with Crippen molar-refractivity contribution in [2.75, 3.05) is 37.7 Å². The van der Waals surface area contributed by atoms with Crippen molar-refractivity contribution in [3.63, 3.8) is 0 Å². The van der Waals surface area contributed by atoms with Crippen molar-refractivity contribution in [3.8, 4) is 0 Å². The van der Waals surface area contributed by atoms with Crippen molar-refractivity contribution >= 4 is 24.4 Å². The van der Waals surface area contributed by atoms with E-state index in [0.29, 0.717) is 17.9 Å². The number of likely N-dealkylation sites (tertiary alicyclic amines) is 1. The van der Waals surface area contributed by atoms with E-state index in [-0.39, 0.29) is 24.4 Å². The summed E-state index contributed by atoms with van der Waals surface area (Å²) in [6.07, 6.45) is 1.94. The fourth-order valence-corrected chi connectivity index (χ4v) is 4.58. The summed E-state index contributed by atoms with van der Waals surface area (Å²) in [5.41, 5.74) is 1.99. The number of anilines is 1. The molecule has 3 aliphatic rings. The number of benzene rings is 1. The van der Waals surface area contributed by atoms with Crippen LogP contribution < -0.4 is 10.4 Å². The molecule has 31 heavy (non-hydrogen) atoms. The smallest absolute Gasteiger partial charge is 0.449 e. The molecule has 3 fully saturated rings. The molecule has 1 amide bonds. The number of hydrogen-bond donors (Lipinski definition) is 0. The third-order valence-electron chi connectivity index (χ3n) is 7.46. The van der Waals surface area contributed by atoms with Gasteiger partial charge in [0.2, 0.25) is 0 Å². The van der Waals surface area contributed by atoms with E-state index in [0.717, 1.165) is 44.5 Å². The van der Waals surface area contributed by atoms with E-state index < -0.39 is 0 Å². The van der Waals surface area contributed by atoms with E-state index in [2.05, 4.69) is 70.7 Å². The topological polar surface area (TPSA) is 51.2 Å². The average molecular weight is 428 g/mol. The first-order valence-corrected chi connectivity index (χ1v) is 11.6. The predicted molar refractivity (Wildman–Crippen MR) is 124 cm³/mol. The standard InChI is InChI=1S/C24H37BN2O4/c1-18(2)15-29-21(28)26-13-11-24(12-14-26)16-27(17-24)20-9-7-19(8-10-20)25-30-22(3,4)23(5,6)31-25/h7-10,18H,11-17H2,1-6H3. The number of carbonyl (C=O) groups excluding carboxylic acids is 1. The summed E-state index contributed by atoms with van der Waals surface area (Å²) in [4.78, 5) is 16.5. The van der Waals surface area contributed by atoms with Gasteiger partial charge >= 0.3 is 13.2 Å². The molecule has 1 spiro atoms. The van der Waals surface area contributed by atoms with Gasteiger partial charge in [-0.05, 0) is 64.1 Å². The van der Waals surface area contributed by atoms with E-state index in [1.165, 1.54) is 5.69 Å². The number of rotatable bonds is 4. The lowest BCUT2D eigenvalue weighted by molar-refractivity contribution is 0.00578. The van der Waals surface area contributed by atoms with Gasteiger partial charge in [-0.15, -0.1) is 0 Å². The summed E-state index contributed by atoms with van der Waals surface area (Å²) in [7, 11) is -0.318. The Morgan fingerprint density at radius 2 is 1.58 bits per heavy atom. The number of carbonyl (C=O) groups is 1. The van der Waals surface area contributed by atoms with Crippen molar-refractivity contribution in [3.05, 3.63) is 24.3 Å². The van der Waals surface area contributed by atoms with Crippen molar-refractivity contribution in [1.82, 2.24) is 4.90 Å². The monoisotopic (exact) mass is 428 g/mol. The van der Waals surface area contributed by atoms with Crippen LogP contribution in [-0.2, 0) is 14.0 Å². The van der Waals surface area contributed by atoms with Gasteiger partial charge in [0.15, 0.2) is 0 Å². The van der Waals surface area contributed by atoms with E-state index in [1.54, 1.807) is 0 Å². The molecule has 0 atom stereocenters. The molecule has 0 aliphatic carbocycles. The molecule has 0 radical (unpaired) electrons. The van der Waals surface area contributed by atoms with E-state index >= 15 is 0 Å². The molecule has 0 bridgehead atoms. The fourth-order valence-electron chi connectivity index (χ4n) is 4.58. The second-order valence-electron chi connectivity index (χ2n) is 11.0. The van der Waals surface area contributed by atoms with E-state index in [4.69, 9.17) is 14.0 Å². The van der Waals surface area contributed by atoms with Gasteiger partial charge in [0.1, 0.15) is 0 Å².